The number of aromatic nitrogens is 1. The first-order valence-corrected chi connectivity index (χ1v) is 10.3. The molecule has 2 heterocycles. The minimum atomic E-state index is -0.621. The molecule has 1 aromatic carbocycles. The third-order valence-corrected chi connectivity index (χ3v) is 6.27. The quantitative estimate of drug-likeness (QED) is 0.838. The number of hydrogen-bond acceptors (Lipinski definition) is 5. The van der Waals surface area contributed by atoms with Crippen LogP contribution in [-0.2, 0) is 5.54 Å². The lowest BCUT2D eigenvalue weighted by molar-refractivity contribution is 0.0301. The van der Waals surface area contributed by atoms with E-state index in [9.17, 15) is 15.0 Å². The average Bonchev–Trinajstić information content (AvgIpc) is 3.07. The van der Waals surface area contributed by atoms with Crippen molar-refractivity contribution in [2.24, 2.45) is 0 Å². The van der Waals surface area contributed by atoms with E-state index < -0.39 is 5.97 Å². The molecule has 0 bridgehead atoms. The van der Waals surface area contributed by atoms with Crippen LogP contribution in [0.1, 0.15) is 67.3 Å². The second-order valence-corrected chi connectivity index (χ2v) is 7.94. The van der Waals surface area contributed by atoms with Crippen LogP contribution in [0.3, 0.4) is 0 Å². The van der Waals surface area contributed by atoms with E-state index in [0.29, 0.717) is 10.3 Å². The van der Waals surface area contributed by atoms with Gasteiger partial charge in [-0.1, -0.05) is 37.8 Å². The van der Waals surface area contributed by atoms with Crippen LogP contribution in [0.4, 0.5) is 0 Å². The maximum absolute atomic E-state index is 12.4. The van der Waals surface area contributed by atoms with E-state index in [4.69, 9.17) is 4.84 Å². The molecule has 0 amide bonds. The monoisotopic (exact) mass is 384 g/mol. The van der Waals surface area contributed by atoms with Gasteiger partial charge < -0.3 is 15.1 Å². The Kier molecular flexibility index (Phi) is 5.31. The van der Waals surface area contributed by atoms with Crippen molar-refractivity contribution in [3.8, 4) is 11.8 Å². The van der Waals surface area contributed by atoms with Gasteiger partial charge in [0.15, 0.2) is 0 Å². The first-order valence-electron chi connectivity index (χ1n) is 10.3. The van der Waals surface area contributed by atoms with Gasteiger partial charge >= 0.3 is 5.97 Å². The summed E-state index contributed by atoms with van der Waals surface area (Å²) in [6.07, 6.45) is 9.95. The van der Waals surface area contributed by atoms with Crippen LogP contribution in [0.25, 0.3) is 0 Å². The smallest absolute Gasteiger partial charge is 0.363 e. The summed E-state index contributed by atoms with van der Waals surface area (Å²) >= 11 is 0. The maximum Gasteiger partial charge on any atom is 0.363 e. The minimum absolute atomic E-state index is 0.0814. The molecule has 1 aromatic heterocycles. The first kappa shape index (κ1) is 18.9. The Morgan fingerprint density at radius 3 is 2.00 bits per heavy atom. The molecule has 0 atom stereocenters. The summed E-state index contributed by atoms with van der Waals surface area (Å²) in [5.74, 6) is -1.27. The van der Waals surface area contributed by atoms with Gasteiger partial charge in [-0.25, -0.2) is 4.79 Å². The Labute approximate surface area is 165 Å². The van der Waals surface area contributed by atoms with Crippen molar-refractivity contribution < 1.29 is 19.8 Å². The Bertz CT molecular complexity index is 796. The van der Waals surface area contributed by atoms with E-state index in [1.807, 2.05) is 12.1 Å². The van der Waals surface area contributed by atoms with E-state index >= 15 is 0 Å². The molecule has 1 aliphatic carbocycles. The molecule has 0 spiro atoms. The Morgan fingerprint density at radius 2 is 1.39 bits per heavy atom. The lowest BCUT2D eigenvalue weighted by atomic mass is 9.74. The zero-order chi connectivity index (χ0) is 19.6. The molecule has 2 fully saturated rings. The van der Waals surface area contributed by atoms with Gasteiger partial charge in [0.1, 0.15) is 0 Å². The molecule has 6 nitrogen and oxygen atoms in total. The topological polar surface area (TPSA) is 74.9 Å². The summed E-state index contributed by atoms with van der Waals surface area (Å²) in [4.78, 5) is 20.2. The maximum atomic E-state index is 12.4. The molecule has 0 radical (unpaired) electrons. The Morgan fingerprint density at radius 1 is 0.821 bits per heavy atom. The van der Waals surface area contributed by atoms with Crippen molar-refractivity contribution in [1.29, 1.82) is 0 Å². The van der Waals surface area contributed by atoms with Crippen LogP contribution in [-0.4, -0.2) is 38.9 Å². The fourth-order valence-electron chi connectivity index (χ4n) is 4.79. The second kappa shape index (κ2) is 7.87. The average molecular weight is 384 g/mol. The van der Waals surface area contributed by atoms with Crippen molar-refractivity contribution in [2.45, 2.75) is 56.9 Å². The number of piperidine rings is 1. The largest absolute Gasteiger partial charge is 0.492 e. The summed E-state index contributed by atoms with van der Waals surface area (Å²) in [6, 6.07) is 10.2. The van der Waals surface area contributed by atoms with Gasteiger partial charge in [-0.3, -0.25) is 4.90 Å². The molecular formula is C22H28N2O4. The SMILES string of the molecule is O=C(On1c(O)ccc1O)c1ccc(C2(N3CCCCC3)CCCCC2)cc1. The highest BCUT2D eigenvalue weighted by Crippen LogP contribution is 2.43. The molecule has 6 heteroatoms. The van der Waals surface area contributed by atoms with Gasteiger partial charge in [0.25, 0.3) is 0 Å². The molecule has 1 aliphatic heterocycles. The fraction of sp³-hybridized carbons (Fsp3) is 0.500. The third-order valence-electron chi connectivity index (χ3n) is 6.27. The van der Waals surface area contributed by atoms with Crippen LogP contribution >= 0.6 is 0 Å². The van der Waals surface area contributed by atoms with Crippen LogP contribution in [0.5, 0.6) is 11.8 Å². The van der Waals surface area contributed by atoms with E-state index in [0.717, 1.165) is 13.1 Å². The Balaban J connectivity index is 1.56. The van der Waals surface area contributed by atoms with Crippen molar-refractivity contribution in [3.63, 3.8) is 0 Å². The summed E-state index contributed by atoms with van der Waals surface area (Å²) in [5.41, 5.74) is 1.75. The number of rotatable bonds is 4. The first-order chi connectivity index (χ1) is 13.6. The number of carbonyl (C=O) groups excluding carboxylic acids is 1. The lowest BCUT2D eigenvalue weighted by Gasteiger charge is -2.48. The summed E-state index contributed by atoms with van der Waals surface area (Å²) in [6.45, 7) is 2.30. The van der Waals surface area contributed by atoms with Gasteiger partial charge in [-0.05, 0) is 56.5 Å². The Hall–Kier alpha value is -2.47. The van der Waals surface area contributed by atoms with Gasteiger partial charge in [0.2, 0.25) is 11.8 Å². The zero-order valence-corrected chi connectivity index (χ0v) is 16.1. The molecule has 1 saturated heterocycles. The van der Waals surface area contributed by atoms with Crippen LogP contribution in [0.15, 0.2) is 36.4 Å². The van der Waals surface area contributed by atoms with Crippen LogP contribution in [0.2, 0.25) is 0 Å². The van der Waals surface area contributed by atoms with E-state index in [1.54, 1.807) is 12.1 Å². The van der Waals surface area contributed by atoms with Gasteiger partial charge in [-0.2, -0.15) is 0 Å². The molecule has 1 saturated carbocycles. The van der Waals surface area contributed by atoms with Crippen LogP contribution in [0, 0.1) is 0 Å². The van der Waals surface area contributed by atoms with Gasteiger partial charge in [-0.15, -0.1) is 4.73 Å². The summed E-state index contributed by atoms with van der Waals surface area (Å²) in [7, 11) is 0. The van der Waals surface area contributed by atoms with E-state index in [1.165, 1.54) is 69.1 Å². The minimum Gasteiger partial charge on any atom is -0.492 e. The van der Waals surface area contributed by atoms with Crippen molar-refractivity contribution >= 4 is 5.97 Å². The second-order valence-electron chi connectivity index (χ2n) is 7.94. The normalized spacial score (nSPS) is 20.0. The number of aromatic hydroxyl groups is 2. The standard InChI is InChI=1S/C22H28N2O4/c25-19-11-12-20(26)24(19)28-21(27)17-7-9-18(10-8-17)22(13-3-1-4-14-22)23-15-5-2-6-16-23/h7-12,25-26H,1-6,13-16H2. The predicted octanol–water partition coefficient (Wildman–Crippen LogP) is 3.81. The van der Waals surface area contributed by atoms with Gasteiger partial charge in [0.05, 0.1) is 5.56 Å². The molecule has 2 aromatic rings. The third kappa shape index (κ3) is 3.49. The number of likely N-dealkylation sites (tertiary alicyclic amines) is 1. The highest BCUT2D eigenvalue weighted by Gasteiger charge is 2.39. The highest BCUT2D eigenvalue weighted by atomic mass is 16.7. The number of nitrogens with zero attached hydrogens (tertiary/aromatic N) is 2. The van der Waals surface area contributed by atoms with Gasteiger partial charge in [0, 0.05) is 17.7 Å². The lowest BCUT2D eigenvalue weighted by Crippen LogP contribution is -2.49. The molecule has 2 aliphatic rings. The fourth-order valence-corrected chi connectivity index (χ4v) is 4.79. The van der Waals surface area contributed by atoms with E-state index in [2.05, 4.69) is 4.90 Å². The highest BCUT2D eigenvalue weighted by molar-refractivity contribution is 5.89. The number of benzene rings is 1. The molecule has 0 unspecified atom stereocenters. The molecule has 2 N–H and O–H groups in total. The number of hydrogen-bond donors (Lipinski definition) is 2. The van der Waals surface area contributed by atoms with E-state index in [-0.39, 0.29) is 17.3 Å². The molecule has 4 rings (SSSR count). The summed E-state index contributed by atoms with van der Waals surface area (Å²) < 4.78 is 0.715. The number of carbonyl (C=O) groups is 1. The predicted molar refractivity (Wildman–Crippen MR) is 105 cm³/mol. The van der Waals surface area contributed by atoms with Crippen LogP contribution < -0.4 is 4.84 Å². The van der Waals surface area contributed by atoms with Crippen molar-refractivity contribution in [2.75, 3.05) is 13.1 Å². The van der Waals surface area contributed by atoms with Crippen molar-refractivity contribution in [1.82, 2.24) is 9.63 Å². The molecular weight excluding hydrogens is 356 g/mol. The zero-order valence-electron chi connectivity index (χ0n) is 16.1. The molecule has 150 valence electrons. The van der Waals surface area contributed by atoms with Crippen molar-refractivity contribution in [3.05, 3.63) is 47.5 Å². The molecule has 28 heavy (non-hydrogen) atoms. The summed E-state index contributed by atoms with van der Waals surface area (Å²) in [5, 5.41) is 19.3.